The highest BCUT2D eigenvalue weighted by molar-refractivity contribution is 7.80. The lowest BCUT2D eigenvalue weighted by Gasteiger charge is -2.10. The number of nitrogens with two attached hydrogens (primary N) is 1. The molecule has 0 aliphatic rings. The van der Waals surface area contributed by atoms with Crippen LogP contribution in [0.3, 0.4) is 0 Å². The standard InChI is InChI=1S/C16H14N4O5S/c1-24-14-7-10(9-18-19-16(17)26)5-6-13(14)25-15(21)11-3-2-4-12(8-11)20(22)23/h2-9H,1H3,(H3,17,19,26)/b18-9+. The maximum absolute atomic E-state index is 12.2. The fraction of sp³-hybridized carbons (Fsp3) is 0.0625. The van der Waals surface area contributed by atoms with Gasteiger partial charge in [-0.15, -0.1) is 0 Å². The van der Waals surface area contributed by atoms with Crippen molar-refractivity contribution in [1.82, 2.24) is 5.43 Å². The Morgan fingerprint density at radius 3 is 2.73 bits per heavy atom. The van der Waals surface area contributed by atoms with E-state index in [-0.39, 0.29) is 27.9 Å². The van der Waals surface area contributed by atoms with Gasteiger partial charge in [0.05, 0.1) is 23.8 Å². The van der Waals surface area contributed by atoms with Gasteiger partial charge in [0, 0.05) is 12.1 Å². The van der Waals surface area contributed by atoms with Gasteiger partial charge in [0.15, 0.2) is 16.6 Å². The minimum Gasteiger partial charge on any atom is -0.493 e. The lowest BCUT2D eigenvalue weighted by Crippen LogP contribution is -2.23. The van der Waals surface area contributed by atoms with Crippen LogP contribution in [0.4, 0.5) is 5.69 Å². The van der Waals surface area contributed by atoms with Crippen molar-refractivity contribution in [2.24, 2.45) is 10.8 Å². The lowest BCUT2D eigenvalue weighted by atomic mass is 10.2. The van der Waals surface area contributed by atoms with Crippen LogP contribution in [0.15, 0.2) is 47.6 Å². The molecule has 0 saturated heterocycles. The van der Waals surface area contributed by atoms with Gasteiger partial charge >= 0.3 is 5.97 Å². The largest absolute Gasteiger partial charge is 0.493 e. The molecule has 0 aliphatic carbocycles. The van der Waals surface area contributed by atoms with Gasteiger partial charge in [-0.1, -0.05) is 6.07 Å². The van der Waals surface area contributed by atoms with Crippen molar-refractivity contribution >= 4 is 35.2 Å². The summed E-state index contributed by atoms with van der Waals surface area (Å²) < 4.78 is 10.5. The maximum Gasteiger partial charge on any atom is 0.343 e. The van der Waals surface area contributed by atoms with Gasteiger partial charge in [-0.05, 0) is 42.0 Å². The van der Waals surface area contributed by atoms with Gasteiger partial charge in [0.2, 0.25) is 0 Å². The van der Waals surface area contributed by atoms with Crippen LogP contribution in [0.1, 0.15) is 15.9 Å². The smallest absolute Gasteiger partial charge is 0.343 e. The number of nitrogens with one attached hydrogen (secondary N) is 1. The second kappa shape index (κ2) is 8.53. The number of hydrogen-bond acceptors (Lipinski definition) is 7. The van der Waals surface area contributed by atoms with E-state index < -0.39 is 10.9 Å². The fourth-order valence-electron chi connectivity index (χ4n) is 1.92. The van der Waals surface area contributed by atoms with Gasteiger partial charge in [0.25, 0.3) is 5.69 Å². The molecular weight excluding hydrogens is 360 g/mol. The number of methoxy groups -OCH3 is 1. The first-order valence-electron chi connectivity index (χ1n) is 7.14. The number of rotatable bonds is 6. The summed E-state index contributed by atoms with van der Waals surface area (Å²) >= 11 is 4.63. The number of carbonyl (C=O) groups excluding carboxylic acids is 1. The van der Waals surface area contributed by atoms with E-state index in [9.17, 15) is 14.9 Å². The highest BCUT2D eigenvalue weighted by Crippen LogP contribution is 2.28. The van der Waals surface area contributed by atoms with Gasteiger partial charge in [-0.2, -0.15) is 5.10 Å². The van der Waals surface area contributed by atoms with E-state index in [0.717, 1.165) is 6.07 Å². The average molecular weight is 374 g/mol. The molecule has 0 bridgehead atoms. The van der Waals surface area contributed by atoms with Crippen LogP contribution >= 0.6 is 12.2 Å². The van der Waals surface area contributed by atoms with E-state index in [1.54, 1.807) is 12.1 Å². The number of nitro groups is 1. The van der Waals surface area contributed by atoms with Crippen LogP contribution in [0.5, 0.6) is 11.5 Å². The Hall–Kier alpha value is -3.53. The Labute approximate surface area is 153 Å². The summed E-state index contributed by atoms with van der Waals surface area (Å²) in [6.07, 6.45) is 1.45. The summed E-state index contributed by atoms with van der Waals surface area (Å²) in [7, 11) is 1.41. The lowest BCUT2D eigenvalue weighted by molar-refractivity contribution is -0.384. The van der Waals surface area contributed by atoms with Crippen LogP contribution in [-0.4, -0.2) is 29.3 Å². The first-order valence-corrected chi connectivity index (χ1v) is 7.54. The van der Waals surface area contributed by atoms with Gasteiger partial charge in [0.1, 0.15) is 0 Å². The molecule has 2 aromatic carbocycles. The molecule has 134 valence electrons. The zero-order valence-corrected chi connectivity index (χ0v) is 14.4. The number of carbonyl (C=O) groups is 1. The van der Waals surface area contributed by atoms with Crippen molar-refractivity contribution in [3.05, 3.63) is 63.7 Å². The summed E-state index contributed by atoms with van der Waals surface area (Å²) in [6.45, 7) is 0. The predicted molar refractivity (Wildman–Crippen MR) is 98.6 cm³/mol. The van der Waals surface area contributed by atoms with E-state index in [2.05, 4.69) is 22.7 Å². The second-order valence-electron chi connectivity index (χ2n) is 4.84. The number of benzene rings is 2. The molecule has 0 spiro atoms. The number of non-ortho nitro benzene ring substituents is 1. The first-order chi connectivity index (χ1) is 12.4. The van der Waals surface area contributed by atoms with E-state index in [1.807, 2.05) is 0 Å². The second-order valence-corrected chi connectivity index (χ2v) is 5.28. The molecule has 0 atom stereocenters. The Kier molecular flexibility index (Phi) is 6.17. The Bertz CT molecular complexity index is 885. The van der Waals surface area contributed by atoms with Crippen molar-refractivity contribution in [3.8, 4) is 11.5 Å². The van der Waals surface area contributed by atoms with Crippen LogP contribution in [0, 0.1) is 10.1 Å². The average Bonchev–Trinajstić information content (AvgIpc) is 2.62. The first kappa shape index (κ1) is 18.8. The van der Waals surface area contributed by atoms with E-state index in [0.29, 0.717) is 5.56 Å². The van der Waals surface area contributed by atoms with Gasteiger partial charge < -0.3 is 15.2 Å². The highest BCUT2D eigenvalue weighted by atomic mass is 32.1. The van der Waals surface area contributed by atoms with Gasteiger partial charge in [-0.3, -0.25) is 15.5 Å². The number of nitro benzene ring substituents is 1. The predicted octanol–water partition coefficient (Wildman–Crippen LogP) is 1.99. The minimum atomic E-state index is -0.747. The summed E-state index contributed by atoms with van der Waals surface area (Å²) in [6, 6.07) is 9.97. The minimum absolute atomic E-state index is 0.0238. The van der Waals surface area contributed by atoms with Crippen molar-refractivity contribution in [1.29, 1.82) is 0 Å². The summed E-state index contributed by atoms with van der Waals surface area (Å²) in [5.74, 6) is -0.310. The Balaban J connectivity index is 2.19. The topological polar surface area (TPSA) is 129 Å². The molecule has 2 rings (SSSR count). The molecule has 10 heteroatoms. The molecule has 0 amide bonds. The fourth-order valence-corrected chi connectivity index (χ4v) is 1.98. The van der Waals surface area contributed by atoms with Crippen LogP contribution in [0.2, 0.25) is 0 Å². The molecule has 0 radical (unpaired) electrons. The normalized spacial score (nSPS) is 10.3. The maximum atomic E-state index is 12.2. The zero-order valence-electron chi connectivity index (χ0n) is 13.5. The molecule has 0 fully saturated rings. The van der Waals surface area contributed by atoms with Crippen molar-refractivity contribution in [3.63, 3.8) is 0 Å². The molecule has 9 nitrogen and oxygen atoms in total. The highest BCUT2D eigenvalue weighted by Gasteiger charge is 2.15. The molecule has 26 heavy (non-hydrogen) atoms. The zero-order chi connectivity index (χ0) is 19.1. The molecule has 3 N–H and O–H groups in total. The quantitative estimate of drug-likeness (QED) is 0.196. The number of nitrogens with zero attached hydrogens (tertiary/aromatic N) is 2. The van der Waals surface area contributed by atoms with Crippen LogP contribution in [-0.2, 0) is 0 Å². The molecule has 0 saturated carbocycles. The third-order valence-electron chi connectivity index (χ3n) is 3.07. The molecule has 0 unspecified atom stereocenters. The molecule has 2 aromatic rings. The number of hydrogen-bond donors (Lipinski definition) is 2. The summed E-state index contributed by atoms with van der Waals surface area (Å²) in [4.78, 5) is 22.4. The van der Waals surface area contributed by atoms with Crippen molar-refractivity contribution in [2.75, 3.05) is 7.11 Å². The van der Waals surface area contributed by atoms with Crippen molar-refractivity contribution in [2.45, 2.75) is 0 Å². The third kappa shape index (κ3) is 4.98. The summed E-state index contributed by atoms with van der Waals surface area (Å²) in [5.41, 5.74) is 8.15. The van der Waals surface area contributed by atoms with Crippen molar-refractivity contribution < 1.29 is 19.2 Å². The van der Waals surface area contributed by atoms with Crippen LogP contribution < -0.4 is 20.6 Å². The third-order valence-corrected chi connectivity index (χ3v) is 3.16. The van der Waals surface area contributed by atoms with Gasteiger partial charge in [-0.25, -0.2) is 4.79 Å². The number of hydrazone groups is 1. The van der Waals surface area contributed by atoms with E-state index in [4.69, 9.17) is 15.2 Å². The van der Waals surface area contributed by atoms with E-state index in [1.165, 1.54) is 37.6 Å². The SMILES string of the molecule is COc1cc(/C=N/NC(N)=S)ccc1OC(=O)c1cccc([N+](=O)[O-])c1. The van der Waals surface area contributed by atoms with E-state index >= 15 is 0 Å². The number of ether oxygens (including phenoxy) is 2. The molecular formula is C16H14N4O5S. The van der Waals surface area contributed by atoms with Crippen LogP contribution in [0.25, 0.3) is 0 Å². The Morgan fingerprint density at radius 1 is 1.31 bits per heavy atom. The number of esters is 1. The summed E-state index contributed by atoms with van der Waals surface area (Å²) in [5, 5.41) is 14.6. The molecule has 0 aromatic heterocycles. The number of thiocarbonyl (C=S) groups is 1. The monoisotopic (exact) mass is 374 g/mol. The molecule has 0 heterocycles. The molecule has 0 aliphatic heterocycles. The Morgan fingerprint density at radius 2 is 2.08 bits per heavy atom.